The van der Waals surface area contributed by atoms with E-state index in [4.69, 9.17) is 4.74 Å². The molecular weight excluding hydrogens is 340 g/mol. The van der Waals surface area contributed by atoms with Gasteiger partial charge >= 0.3 is 0 Å². The molecule has 2 aromatic carbocycles. The highest BCUT2D eigenvalue weighted by molar-refractivity contribution is 7.89. The molecule has 7 heteroatoms. The van der Waals surface area contributed by atoms with E-state index >= 15 is 0 Å². The fraction of sp³-hybridized carbons (Fsp3) is 0.278. The van der Waals surface area contributed by atoms with Crippen molar-refractivity contribution in [3.05, 3.63) is 53.6 Å². The van der Waals surface area contributed by atoms with Crippen LogP contribution < -0.4 is 9.64 Å². The second kappa shape index (κ2) is 6.50. The molecule has 0 aromatic heterocycles. The van der Waals surface area contributed by atoms with Gasteiger partial charge < -0.3 is 9.64 Å². The maximum Gasteiger partial charge on any atom is 0.262 e. The highest BCUT2D eigenvalue weighted by atomic mass is 32.2. The van der Waals surface area contributed by atoms with E-state index < -0.39 is 10.0 Å². The van der Waals surface area contributed by atoms with Crippen molar-refractivity contribution in [2.75, 3.05) is 32.6 Å². The molecule has 1 amide bonds. The third-order valence-electron chi connectivity index (χ3n) is 4.31. The summed E-state index contributed by atoms with van der Waals surface area (Å²) < 4.78 is 31.0. The normalized spacial score (nSPS) is 13.8. The van der Waals surface area contributed by atoms with Crippen molar-refractivity contribution < 1.29 is 17.9 Å². The van der Waals surface area contributed by atoms with E-state index in [1.165, 1.54) is 25.5 Å². The number of fused-ring (bicyclic) bond motifs is 1. The SMILES string of the molecule is COc1ccccc1C(=O)N1CCc2cc(S(=O)(=O)N(C)C)ccc21. The summed E-state index contributed by atoms with van der Waals surface area (Å²) in [7, 11) is 1.04. The van der Waals surface area contributed by atoms with Gasteiger partial charge in [0.1, 0.15) is 5.75 Å². The van der Waals surface area contributed by atoms with Crippen molar-refractivity contribution in [2.45, 2.75) is 11.3 Å². The zero-order chi connectivity index (χ0) is 18.2. The molecule has 1 aliphatic rings. The molecule has 0 unspecified atom stereocenters. The van der Waals surface area contributed by atoms with E-state index in [1.807, 2.05) is 6.07 Å². The lowest BCUT2D eigenvalue weighted by atomic mass is 10.1. The molecule has 0 saturated carbocycles. The highest BCUT2D eigenvalue weighted by Crippen LogP contribution is 2.33. The summed E-state index contributed by atoms with van der Waals surface area (Å²) in [6, 6.07) is 12.0. The van der Waals surface area contributed by atoms with E-state index in [1.54, 1.807) is 41.3 Å². The van der Waals surface area contributed by atoms with Gasteiger partial charge in [0.05, 0.1) is 17.6 Å². The Morgan fingerprint density at radius 2 is 1.88 bits per heavy atom. The van der Waals surface area contributed by atoms with Crippen LogP contribution in [0.25, 0.3) is 0 Å². The first-order chi connectivity index (χ1) is 11.9. The van der Waals surface area contributed by atoms with Crippen molar-refractivity contribution >= 4 is 21.6 Å². The molecular formula is C18H20N2O4S. The lowest BCUT2D eigenvalue weighted by Crippen LogP contribution is -2.29. The van der Waals surface area contributed by atoms with Crippen LogP contribution in [0.3, 0.4) is 0 Å². The van der Waals surface area contributed by atoms with Gasteiger partial charge in [0, 0.05) is 26.3 Å². The Morgan fingerprint density at radius 1 is 1.16 bits per heavy atom. The smallest absolute Gasteiger partial charge is 0.262 e. The zero-order valence-corrected chi connectivity index (χ0v) is 15.2. The zero-order valence-electron chi connectivity index (χ0n) is 14.4. The highest BCUT2D eigenvalue weighted by Gasteiger charge is 2.29. The standard InChI is InChI=1S/C18H20N2O4S/c1-19(2)25(22,23)14-8-9-16-13(12-14)10-11-20(16)18(21)15-6-4-5-7-17(15)24-3/h4-9,12H,10-11H2,1-3H3. The number of rotatable bonds is 4. The van der Waals surface area contributed by atoms with Gasteiger partial charge in [-0.05, 0) is 42.3 Å². The number of sulfonamides is 1. The monoisotopic (exact) mass is 360 g/mol. The van der Waals surface area contributed by atoms with Crippen LogP contribution in [-0.2, 0) is 16.4 Å². The predicted octanol–water partition coefficient (Wildman–Crippen LogP) is 2.15. The van der Waals surface area contributed by atoms with E-state index in [2.05, 4.69) is 0 Å². The Morgan fingerprint density at radius 3 is 2.56 bits per heavy atom. The Balaban J connectivity index is 1.97. The van der Waals surface area contributed by atoms with Gasteiger partial charge in [0.25, 0.3) is 5.91 Å². The molecule has 1 heterocycles. The van der Waals surface area contributed by atoms with Crippen LogP contribution in [-0.4, -0.2) is 46.4 Å². The minimum atomic E-state index is -3.49. The van der Waals surface area contributed by atoms with Crippen molar-refractivity contribution in [1.82, 2.24) is 4.31 Å². The predicted molar refractivity (Wildman–Crippen MR) is 95.7 cm³/mol. The molecule has 132 valence electrons. The minimum absolute atomic E-state index is 0.153. The largest absolute Gasteiger partial charge is 0.496 e. The Hall–Kier alpha value is -2.38. The van der Waals surface area contributed by atoms with Crippen LogP contribution in [0.1, 0.15) is 15.9 Å². The van der Waals surface area contributed by atoms with E-state index in [0.29, 0.717) is 24.3 Å². The number of benzene rings is 2. The molecule has 0 aliphatic carbocycles. The van der Waals surface area contributed by atoms with Gasteiger partial charge in [0.15, 0.2) is 0 Å². The number of anilines is 1. The lowest BCUT2D eigenvalue weighted by molar-refractivity contribution is 0.0986. The molecule has 0 atom stereocenters. The van der Waals surface area contributed by atoms with Crippen molar-refractivity contribution in [1.29, 1.82) is 0 Å². The van der Waals surface area contributed by atoms with Gasteiger partial charge in [-0.3, -0.25) is 4.79 Å². The van der Waals surface area contributed by atoms with Crippen molar-refractivity contribution in [3.63, 3.8) is 0 Å². The Labute approximate surface area is 147 Å². The first kappa shape index (κ1) is 17.4. The molecule has 3 rings (SSSR count). The molecule has 6 nitrogen and oxygen atoms in total. The number of hydrogen-bond donors (Lipinski definition) is 0. The number of hydrogen-bond acceptors (Lipinski definition) is 4. The summed E-state index contributed by atoms with van der Waals surface area (Å²) in [4.78, 5) is 14.8. The fourth-order valence-corrected chi connectivity index (χ4v) is 3.88. The summed E-state index contributed by atoms with van der Waals surface area (Å²) in [5, 5.41) is 0. The van der Waals surface area contributed by atoms with Crippen LogP contribution in [0.5, 0.6) is 5.75 Å². The molecule has 1 aliphatic heterocycles. The molecule has 0 saturated heterocycles. The minimum Gasteiger partial charge on any atom is -0.496 e. The summed E-state index contributed by atoms with van der Waals surface area (Å²) in [5.74, 6) is 0.368. The average Bonchev–Trinajstić information content (AvgIpc) is 3.04. The lowest BCUT2D eigenvalue weighted by Gasteiger charge is -2.19. The topological polar surface area (TPSA) is 66.9 Å². The van der Waals surface area contributed by atoms with Crippen LogP contribution in [0, 0.1) is 0 Å². The molecule has 0 radical (unpaired) electrons. The van der Waals surface area contributed by atoms with Crippen LogP contribution in [0.4, 0.5) is 5.69 Å². The number of amides is 1. The van der Waals surface area contributed by atoms with Crippen LogP contribution >= 0.6 is 0 Å². The average molecular weight is 360 g/mol. The summed E-state index contributed by atoms with van der Waals surface area (Å²) in [6.07, 6.45) is 0.618. The molecule has 0 spiro atoms. The van der Waals surface area contributed by atoms with Crippen LogP contribution in [0.2, 0.25) is 0 Å². The second-order valence-electron chi connectivity index (χ2n) is 5.99. The molecule has 2 aromatic rings. The molecule has 0 bridgehead atoms. The van der Waals surface area contributed by atoms with Crippen molar-refractivity contribution in [3.8, 4) is 5.75 Å². The second-order valence-corrected chi connectivity index (χ2v) is 8.14. The quantitative estimate of drug-likeness (QED) is 0.838. The van der Waals surface area contributed by atoms with Gasteiger partial charge in [-0.2, -0.15) is 0 Å². The number of nitrogens with zero attached hydrogens (tertiary/aromatic N) is 2. The van der Waals surface area contributed by atoms with Crippen molar-refractivity contribution in [2.24, 2.45) is 0 Å². The number of ether oxygens (including phenoxy) is 1. The third-order valence-corrected chi connectivity index (χ3v) is 6.12. The van der Waals surface area contributed by atoms with Gasteiger partial charge in [-0.15, -0.1) is 0 Å². The maximum atomic E-state index is 12.9. The molecule has 0 N–H and O–H groups in total. The first-order valence-corrected chi connectivity index (χ1v) is 9.30. The molecule has 0 fully saturated rings. The van der Waals surface area contributed by atoms with E-state index in [-0.39, 0.29) is 10.8 Å². The maximum absolute atomic E-state index is 12.9. The van der Waals surface area contributed by atoms with Gasteiger partial charge in [-0.25, -0.2) is 12.7 Å². The third kappa shape index (κ3) is 3.01. The number of carbonyl (C=O) groups excluding carboxylic acids is 1. The van der Waals surface area contributed by atoms with Crippen LogP contribution in [0.15, 0.2) is 47.4 Å². The number of methoxy groups -OCH3 is 1. The Kier molecular flexibility index (Phi) is 4.53. The number of carbonyl (C=O) groups is 1. The summed E-state index contributed by atoms with van der Waals surface area (Å²) in [6.45, 7) is 0.512. The summed E-state index contributed by atoms with van der Waals surface area (Å²) >= 11 is 0. The first-order valence-electron chi connectivity index (χ1n) is 7.86. The number of para-hydroxylation sites is 1. The van der Waals surface area contributed by atoms with Gasteiger partial charge in [-0.1, -0.05) is 12.1 Å². The fourth-order valence-electron chi connectivity index (χ4n) is 2.93. The molecule has 25 heavy (non-hydrogen) atoms. The Bertz CT molecular complexity index is 922. The van der Waals surface area contributed by atoms with Gasteiger partial charge in [0.2, 0.25) is 10.0 Å². The summed E-state index contributed by atoms with van der Waals surface area (Å²) in [5.41, 5.74) is 2.09. The van der Waals surface area contributed by atoms with E-state index in [0.717, 1.165) is 11.3 Å². The van der Waals surface area contributed by atoms with E-state index in [9.17, 15) is 13.2 Å².